The van der Waals surface area contributed by atoms with Crippen LogP contribution in [0.25, 0.3) is 0 Å². The molecule has 0 aliphatic rings. The van der Waals surface area contributed by atoms with Crippen LogP contribution in [0.4, 0.5) is 0 Å². The lowest BCUT2D eigenvalue weighted by atomic mass is 10.0. The Morgan fingerprint density at radius 1 is 0.263 bits per heavy atom. The first-order valence-corrected chi connectivity index (χ1v) is 34.0. The molecule has 0 aromatic rings. The van der Waals surface area contributed by atoms with Crippen molar-refractivity contribution < 1.29 is 28.6 Å². The molecule has 76 heavy (non-hydrogen) atoms. The Bertz CT molecular complexity index is 1270. The summed E-state index contributed by atoms with van der Waals surface area (Å²) >= 11 is 0. The Balaban J connectivity index is 4.10. The van der Waals surface area contributed by atoms with E-state index in [1.807, 2.05) is 0 Å². The van der Waals surface area contributed by atoms with Gasteiger partial charge >= 0.3 is 17.9 Å². The van der Waals surface area contributed by atoms with E-state index < -0.39 is 6.10 Å². The number of carbonyl (C=O) groups is 3. The molecule has 6 heteroatoms. The van der Waals surface area contributed by atoms with E-state index in [0.29, 0.717) is 19.3 Å². The van der Waals surface area contributed by atoms with E-state index >= 15 is 0 Å². The van der Waals surface area contributed by atoms with Crippen LogP contribution in [0.5, 0.6) is 0 Å². The maximum atomic E-state index is 12.9. The molecule has 6 nitrogen and oxygen atoms in total. The van der Waals surface area contributed by atoms with Crippen molar-refractivity contribution in [2.75, 3.05) is 13.2 Å². The van der Waals surface area contributed by atoms with Gasteiger partial charge in [-0.25, -0.2) is 0 Å². The lowest BCUT2D eigenvalue weighted by Crippen LogP contribution is -2.30. The van der Waals surface area contributed by atoms with Crippen LogP contribution in [0.15, 0.2) is 36.5 Å². The van der Waals surface area contributed by atoms with Crippen molar-refractivity contribution in [1.82, 2.24) is 0 Å². The monoisotopic (exact) mass is 1070 g/mol. The Morgan fingerprint density at radius 2 is 0.474 bits per heavy atom. The molecule has 0 rings (SSSR count). The number of rotatable bonds is 63. The molecule has 446 valence electrons. The van der Waals surface area contributed by atoms with Crippen LogP contribution in [-0.2, 0) is 28.6 Å². The van der Waals surface area contributed by atoms with E-state index in [0.717, 1.165) is 77.0 Å². The second-order valence-corrected chi connectivity index (χ2v) is 23.1. The van der Waals surface area contributed by atoms with E-state index in [4.69, 9.17) is 14.2 Å². The molecule has 0 fully saturated rings. The number of ether oxygens (including phenoxy) is 3. The molecule has 0 aliphatic heterocycles. The highest BCUT2D eigenvalue weighted by atomic mass is 16.6. The smallest absolute Gasteiger partial charge is 0.306 e. The zero-order valence-electron chi connectivity index (χ0n) is 51.3. The molecular weight excluding hydrogens is 937 g/mol. The first-order valence-electron chi connectivity index (χ1n) is 34.0. The third-order valence-corrected chi connectivity index (χ3v) is 15.4. The second kappa shape index (κ2) is 65.2. The van der Waals surface area contributed by atoms with Crippen LogP contribution in [0.3, 0.4) is 0 Å². The van der Waals surface area contributed by atoms with Crippen LogP contribution in [0.2, 0.25) is 0 Å². The molecule has 1 unspecified atom stereocenters. The Labute approximate surface area is 474 Å². The zero-order valence-corrected chi connectivity index (χ0v) is 51.3. The van der Waals surface area contributed by atoms with Crippen molar-refractivity contribution in [3.8, 4) is 0 Å². The van der Waals surface area contributed by atoms with Gasteiger partial charge in [0.05, 0.1) is 0 Å². The van der Waals surface area contributed by atoms with Crippen molar-refractivity contribution in [3.63, 3.8) is 0 Å². The van der Waals surface area contributed by atoms with Crippen LogP contribution in [-0.4, -0.2) is 37.2 Å². The van der Waals surface area contributed by atoms with Crippen molar-refractivity contribution in [2.45, 2.75) is 380 Å². The van der Waals surface area contributed by atoms with Gasteiger partial charge in [-0.2, -0.15) is 0 Å². The van der Waals surface area contributed by atoms with Gasteiger partial charge in [0.15, 0.2) is 6.10 Å². The van der Waals surface area contributed by atoms with E-state index in [1.165, 1.54) is 257 Å². The number of hydrogen-bond acceptors (Lipinski definition) is 6. The van der Waals surface area contributed by atoms with E-state index in [-0.39, 0.29) is 31.1 Å². The van der Waals surface area contributed by atoms with E-state index in [2.05, 4.69) is 57.2 Å². The molecule has 0 aromatic heterocycles. The maximum Gasteiger partial charge on any atom is 0.306 e. The Morgan fingerprint density at radius 3 is 0.750 bits per heavy atom. The summed E-state index contributed by atoms with van der Waals surface area (Å²) in [6.45, 7) is 6.66. The van der Waals surface area contributed by atoms with Gasteiger partial charge in [-0.15, -0.1) is 0 Å². The lowest BCUT2D eigenvalue weighted by Gasteiger charge is -2.18. The minimum atomic E-state index is -0.776. The molecule has 0 saturated carbocycles. The quantitative estimate of drug-likeness (QED) is 0.0261. The molecule has 0 N–H and O–H groups in total. The first kappa shape index (κ1) is 73.6. The van der Waals surface area contributed by atoms with Gasteiger partial charge in [0.25, 0.3) is 0 Å². The van der Waals surface area contributed by atoms with Gasteiger partial charge in [0.2, 0.25) is 0 Å². The van der Waals surface area contributed by atoms with Crippen molar-refractivity contribution in [1.29, 1.82) is 0 Å². The summed E-state index contributed by atoms with van der Waals surface area (Å²) < 4.78 is 16.9. The Kier molecular flexibility index (Phi) is 63.1. The van der Waals surface area contributed by atoms with E-state index in [1.54, 1.807) is 0 Å². The predicted molar refractivity (Wildman–Crippen MR) is 330 cm³/mol. The van der Waals surface area contributed by atoms with Crippen molar-refractivity contribution >= 4 is 17.9 Å². The van der Waals surface area contributed by atoms with Crippen LogP contribution in [0, 0.1) is 0 Å². The standard InChI is InChI=1S/C70H130O6/c1-4-7-10-13-16-19-22-24-26-28-29-30-31-32-33-34-35-36-37-38-39-40-41-42-44-45-48-51-54-57-60-63-69(72)75-66-67(65-74-68(71)62-59-56-53-50-47-21-18-15-12-9-6-3)76-70(73)64-61-58-55-52-49-46-43-27-25-23-20-17-14-11-8-5-2/h20,23,27-29,43,67H,4-19,21-22,24-26,30-42,44-66H2,1-3H3/b23-20-,29-28-,43-27-. The van der Waals surface area contributed by atoms with E-state index in [9.17, 15) is 14.4 Å². The first-order chi connectivity index (χ1) is 37.5. The summed E-state index contributed by atoms with van der Waals surface area (Å²) in [6, 6.07) is 0. The molecule has 0 saturated heterocycles. The van der Waals surface area contributed by atoms with Crippen LogP contribution >= 0.6 is 0 Å². The average molecular weight is 1070 g/mol. The molecule has 0 heterocycles. The minimum absolute atomic E-state index is 0.0728. The molecule has 0 aliphatic carbocycles. The number of carbonyl (C=O) groups excluding carboxylic acids is 3. The molecule has 1 atom stereocenters. The van der Waals surface area contributed by atoms with Crippen molar-refractivity contribution in [3.05, 3.63) is 36.5 Å². The molecule has 0 aromatic carbocycles. The highest BCUT2D eigenvalue weighted by molar-refractivity contribution is 5.71. The molecule has 0 spiro atoms. The van der Waals surface area contributed by atoms with Gasteiger partial charge < -0.3 is 14.2 Å². The summed E-state index contributed by atoms with van der Waals surface area (Å²) in [5.74, 6) is -0.864. The fourth-order valence-electron chi connectivity index (χ4n) is 10.2. The van der Waals surface area contributed by atoms with Crippen LogP contribution in [0.1, 0.15) is 374 Å². The predicted octanol–water partition coefficient (Wildman–Crippen LogP) is 23.2. The van der Waals surface area contributed by atoms with Gasteiger partial charge in [-0.1, -0.05) is 314 Å². The SMILES string of the molecule is CCCCCC/C=C\C/C=C\CCCCCCCC(=O)OC(COC(=O)CCCCCCCCCCCCC)COC(=O)CCCCCCCCCCCCCCCCCCCCC/C=C\CCCCCCCCCC. The number of esters is 3. The average Bonchev–Trinajstić information content (AvgIpc) is 3.42. The summed E-state index contributed by atoms with van der Waals surface area (Å²) in [5, 5.41) is 0. The largest absolute Gasteiger partial charge is 0.462 e. The number of hydrogen-bond donors (Lipinski definition) is 0. The fraction of sp³-hybridized carbons (Fsp3) is 0.871. The highest BCUT2D eigenvalue weighted by Crippen LogP contribution is 2.18. The number of unbranched alkanes of at least 4 members (excludes halogenated alkanes) is 46. The van der Waals surface area contributed by atoms with Gasteiger partial charge in [-0.05, 0) is 77.0 Å². The number of allylic oxidation sites excluding steroid dienone is 6. The van der Waals surface area contributed by atoms with Gasteiger partial charge in [0, 0.05) is 19.3 Å². The summed E-state index contributed by atoms with van der Waals surface area (Å²) in [4.78, 5) is 38.2. The van der Waals surface area contributed by atoms with Gasteiger partial charge in [-0.3, -0.25) is 14.4 Å². The maximum absolute atomic E-state index is 12.9. The summed E-state index contributed by atoms with van der Waals surface area (Å²) in [6.07, 6.45) is 80.4. The molecule has 0 amide bonds. The normalized spacial score (nSPS) is 12.2. The lowest BCUT2D eigenvalue weighted by molar-refractivity contribution is -0.167. The van der Waals surface area contributed by atoms with Gasteiger partial charge in [0.1, 0.15) is 13.2 Å². The van der Waals surface area contributed by atoms with Crippen LogP contribution < -0.4 is 0 Å². The topological polar surface area (TPSA) is 78.9 Å². The summed E-state index contributed by atoms with van der Waals surface area (Å²) in [7, 11) is 0. The molecule has 0 radical (unpaired) electrons. The zero-order chi connectivity index (χ0) is 55.0. The second-order valence-electron chi connectivity index (χ2n) is 23.1. The summed E-state index contributed by atoms with van der Waals surface area (Å²) in [5.41, 5.74) is 0. The minimum Gasteiger partial charge on any atom is -0.462 e. The highest BCUT2D eigenvalue weighted by Gasteiger charge is 2.19. The third kappa shape index (κ3) is 62.5. The third-order valence-electron chi connectivity index (χ3n) is 15.4. The fourth-order valence-corrected chi connectivity index (χ4v) is 10.2. The van der Waals surface area contributed by atoms with Crippen molar-refractivity contribution in [2.24, 2.45) is 0 Å². The molecule has 0 bridgehead atoms. The molecular formula is C70H130O6. The Hall–Kier alpha value is -2.37.